The predicted octanol–water partition coefficient (Wildman–Crippen LogP) is 9.65. The van der Waals surface area contributed by atoms with E-state index in [1.165, 1.54) is 0 Å². The number of piperazine rings is 2. The summed E-state index contributed by atoms with van der Waals surface area (Å²) in [5, 5.41) is 19.9. The van der Waals surface area contributed by atoms with Crippen LogP contribution in [0, 0.1) is 0 Å². The average Bonchev–Trinajstić information content (AvgIpc) is 4.05. The first kappa shape index (κ1) is 51.4. The molecule has 2 aliphatic rings. The first-order valence-electron chi connectivity index (χ1n) is 26.6. The lowest BCUT2D eigenvalue weighted by Gasteiger charge is -2.37. The van der Waals surface area contributed by atoms with Crippen molar-refractivity contribution in [3.8, 4) is 28.6 Å². The summed E-state index contributed by atoms with van der Waals surface area (Å²) < 4.78 is 24.9. The number of hydrogen-bond acceptors (Lipinski definition) is 12. The Bertz CT molecular complexity index is 3230. The molecule has 10 rings (SSSR count). The second-order valence-corrected chi connectivity index (χ2v) is 19.6. The zero-order chi connectivity index (χ0) is 52.5. The Balaban J connectivity index is 0.689. The monoisotopic (exact) mass is 1020 g/mol. The summed E-state index contributed by atoms with van der Waals surface area (Å²) in [4.78, 5) is 36.6. The number of aromatic nitrogens is 6. The Kier molecular flexibility index (Phi) is 16.0. The average molecular weight is 1030 g/mol. The largest absolute Gasteiger partial charge is 0.504 e. The van der Waals surface area contributed by atoms with Crippen molar-refractivity contribution in [2.75, 3.05) is 72.0 Å². The van der Waals surface area contributed by atoms with Crippen molar-refractivity contribution in [1.29, 1.82) is 0 Å². The number of phenolic OH excluding ortho intramolecular Hbond substituents is 1. The van der Waals surface area contributed by atoms with E-state index in [4.69, 9.17) is 14.2 Å². The summed E-state index contributed by atoms with van der Waals surface area (Å²) in [7, 11) is 0. The normalized spacial score (nSPS) is 15.6. The van der Waals surface area contributed by atoms with Gasteiger partial charge >= 0.3 is 11.4 Å². The van der Waals surface area contributed by atoms with Crippen LogP contribution in [0.3, 0.4) is 0 Å². The molecular weight excluding hydrogens is 957 g/mol. The highest BCUT2D eigenvalue weighted by Crippen LogP contribution is 2.36. The van der Waals surface area contributed by atoms with Gasteiger partial charge in [0.1, 0.15) is 18.4 Å². The fraction of sp³-hybridized carbons (Fsp3) is 0.333. The van der Waals surface area contributed by atoms with E-state index in [1.54, 1.807) is 37.2 Å². The molecule has 6 aromatic carbocycles. The Hall–Kier alpha value is -8.08. The van der Waals surface area contributed by atoms with Gasteiger partial charge in [-0.05, 0) is 123 Å². The predicted molar refractivity (Wildman–Crippen MR) is 299 cm³/mol. The van der Waals surface area contributed by atoms with Crippen LogP contribution in [0.4, 0.5) is 22.7 Å². The first-order chi connectivity index (χ1) is 37.1. The van der Waals surface area contributed by atoms with Crippen molar-refractivity contribution in [2.45, 2.75) is 78.0 Å². The van der Waals surface area contributed by atoms with Gasteiger partial charge in [-0.3, -0.25) is 0 Å². The molecule has 0 radical (unpaired) electrons. The quantitative estimate of drug-likeness (QED) is 0.0778. The van der Waals surface area contributed by atoms with Gasteiger partial charge in [0.2, 0.25) is 0 Å². The molecule has 0 unspecified atom stereocenters. The summed E-state index contributed by atoms with van der Waals surface area (Å²) in [5.74, 6) is 1.13. The van der Waals surface area contributed by atoms with E-state index in [1.807, 2.05) is 130 Å². The van der Waals surface area contributed by atoms with Crippen molar-refractivity contribution in [2.24, 2.45) is 0 Å². The number of hydrogen-bond donors (Lipinski definition) is 1. The number of rotatable bonds is 20. The minimum absolute atomic E-state index is 0.0821. The highest BCUT2D eigenvalue weighted by molar-refractivity contribution is 5.60. The van der Waals surface area contributed by atoms with Crippen LogP contribution in [-0.2, 0) is 22.7 Å². The van der Waals surface area contributed by atoms with Gasteiger partial charge in [-0.1, -0.05) is 74.5 Å². The minimum Gasteiger partial charge on any atom is -0.504 e. The highest BCUT2D eigenvalue weighted by Gasteiger charge is 2.26. The summed E-state index contributed by atoms with van der Waals surface area (Å²) in [6, 6.07) is 49.5. The number of aromatic hydroxyl groups is 1. The lowest BCUT2D eigenvalue weighted by molar-refractivity contribution is 0.0116. The molecule has 8 aromatic rings. The van der Waals surface area contributed by atoms with Crippen LogP contribution in [0.1, 0.15) is 63.7 Å². The van der Waals surface area contributed by atoms with E-state index in [0.717, 1.165) is 97.6 Å². The fourth-order valence-electron chi connectivity index (χ4n) is 10.4. The topological polar surface area (TPSA) is 141 Å². The van der Waals surface area contributed by atoms with Crippen molar-refractivity contribution >= 4 is 22.7 Å². The Morgan fingerprint density at radius 3 is 1.22 bits per heavy atom. The molecule has 2 fully saturated rings. The van der Waals surface area contributed by atoms with Gasteiger partial charge in [0.25, 0.3) is 0 Å². The Morgan fingerprint density at radius 1 is 0.474 bits per heavy atom. The van der Waals surface area contributed by atoms with Gasteiger partial charge in [0.05, 0.1) is 48.9 Å². The van der Waals surface area contributed by atoms with E-state index in [-0.39, 0.29) is 41.4 Å². The molecule has 0 bridgehead atoms. The summed E-state index contributed by atoms with van der Waals surface area (Å²) in [5.41, 5.74) is 7.61. The summed E-state index contributed by atoms with van der Waals surface area (Å²) >= 11 is 0. The molecule has 0 aliphatic carbocycles. The standard InChI is InChI=1S/C60H68N10O6/c1-5-55(44(3)74-40-46-13-9-7-10-14-46)69-59(72)67(42-61-69)51-21-17-48(18-22-51)63-31-33-65(34-32-63)50-25-28-54(29-26-50)76-58-39-53(27-30-57(58)71)66-37-35-64(36-38-66)49-19-23-52(24-20-49)68-43-62-70(60(68)73)56(6-2)45(4)75-41-47-15-11-8-12-16-47/h7-30,39,42-45,55-56,71H,5-6,31-38,40-41H2,1-4H3/t44-,45-,55-,56-/m0/s1. The SMILES string of the molecule is CC[C@@H]([C@H](C)OCc1ccccc1)n1ncn(-c2ccc(N3CCN(c4ccc(Oc5cc(N6CCN(c7ccc(-n8cnn([C@@H](CC)[C@H](C)OCc9ccccc9)c8=O)cc7)CC6)ccc5O)cc4)CC3)cc2)c1=O. The van der Waals surface area contributed by atoms with Crippen molar-refractivity contribution in [3.05, 3.63) is 196 Å². The molecule has 1 N–H and O–H groups in total. The first-order valence-corrected chi connectivity index (χ1v) is 26.6. The molecule has 2 saturated heterocycles. The van der Waals surface area contributed by atoms with Gasteiger partial charge < -0.3 is 38.9 Å². The number of benzene rings is 6. The maximum atomic E-state index is 13.6. The lowest BCUT2D eigenvalue weighted by atomic mass is 10.1. The van der Waals surface area contributed by atoms with E-state index in [2.05, 4.69) is 73.1 Å². The molecule has 16 heteroatoms. The molecular formula is C60H68N10O6. The fourth-order valence-corrected chi connectivity index (χ4v) is 10.4. The van der Waals surface area contributed by atoms with Crippen LogP contribution >= 0.6 is 0 Å². The maximum absolute atomic E-state index is 13.6. The van der Waals surface area contributed by atoms with Crippen LogP contribution in [0.5, 0.6) is 17.2 Å². The van der Waals surface area contributed by atoms with Gasteiger partial charge in [-0.25, -0.2) is 28.1 Å². The van der Waals surface area contributed by atoms with E-state index in [9.17, 15) is 14.7 Å². The van der Waals surface area contributed by atoms with Gasteiger partial charge in [-0.2, -0.15) is 10.2 Å². The molecule has 4 atom stereocenters. The van der Waals surface area contributed by atoms with E-state index < -0.39 is 0 Å². The Labute approximate surface area is 444 Å². The lowest BCUT2D eigenvalue weighted by Crippen LogP contribution is -2.46. The molecule has 0 spiro atoms. The molecule has 76 heavy (non-hydrogen) atoms. The molecule has 2 aromatic heterocycles. The molecule has 4 heterocycles. The van der Waals surface area contributed by atoms with Gasteiger partial charge in [0, 0.05) is 81.2 Å². The van der Waals surface area contributed by atoms with Crippen molar-refractivity contribution < 1.29 is 19.3 Å². The van der Waals surface area contributed by atoms with Crippen molar-refractivity contribution in [1.82, 2.24) is 28.7 Å². The van der Waals surface area contributed by atoms with Crippen LogP contribution in [-0.4, -0.2) is 98.4 Å². The van der Waals surface area contributed by atoms with E-state index in [0.29, 0.717) is 37.6 Å². The second kappa shape index (κ2) is 23.6. The molecule has 16 nitrogen and oxygen atoms in total. The number of nitrogens with zero attached hydrogens (tertiary/aromatic N) is 10. The Morgan fingerprint density at radius 2 is 0.829 bits per heavy atom. The third kappa shape index (κ3) is 11.6. The van der Waals surface area contributed by atoms with Crippen LogP contribution in [0.2, 0.25) is 0 Å². The molecule has 0 saturated carbocycles. The van der Waals surface area contributed by atoms with Crippen LogP contribution in [0.25, 0.3) is 11.4 Å². The van der Waals surface area contributed by atoms with Crippen LogP contribution in [0.15, 0.2) is 174 Å². The highest BCUT2D eigenvalue weighted by atomic mass is 16.5. The minimum atomic E-state index is -0.201. The van der Waals surface area contributed by atoms with Crippen molar-refractivity contribution in [3.63, 3.8) is 0 Å². The molecule has 0 amide bonds. The van der Waals surface area contributed by atoms with Gasteiger partial charge in [-0.15, -0.1) is 0 Å². The smallest absolute Gasteiger partial charge is 0.350 e. The zero-order valence-electron chi connectivity index (χ0n) is 43.8. The summed E-state index contributed by atoms with van der Waals surface area (Å²) in [6.45, 7) is 15.6. The molecule has 394 valence electrons. The number of phenols is 1. The third-order valence-electron chi connectivity index (χ3n) is 14.9. The van der Waals surface area contributed by atoms with E-state index >= 15 is 0 Å². The third-order valence-corrected chi connectivity index (χ3v) is 14.9. The van der Waals surface area contributed by atoms with Crippen LogP contribution < -0.4 is 35.7 Å². The number of ether oxygens (including phenoxy) is 3. The molecule has 2 aliphatic heterocycles. The maximum Gasteiger partial charge on any atom is 0.350 e. The summed E-state index contributed by atoms with van der Waals surface area (Å²) in [6.07, 6.45) is 4.22. The zero-order valence-corrected chi connectivity index (χ0v) is 43.8. The number of anilines is 4. The second-order valence-electron chi connectivity index (χ2n) is 19.6. The van der Waals surface area contributed by atoms with Gasteiger partial charge in [0.15, 0.2) is 11.5 Å².